The minimum Gasteiger partial charge on any atom is -0.494 e. The first-order chi connectivity index (χ1) is 20.6. The van der Waals surface area contributed by atoms with Crippen molar-refractivity contribution in [3.63, 3.8) is 0 Å². The number of carbonyl (C=O) groups is 2. The van der Waals surface area contributed by atoms with Crippen LogP contribution in [0.5, 0.6) is 11.5 Å². The minimum atomic E-state index is -1.54. The van der Waals surface area contributed by atoms with Crippen LogP contribution in [0.3, 0.4) is 0 Å². The van der Waals surface area contributed by atoms with Crippen molar-refractivity contribution in [3.05, 3.63) is 70.1 Å². The minimum absolute atomic E-state index is 0.0138. The average Bonchev–Trinajstić information content (AvgIpc) is 3.95. The molecule has 2 saturated carbocycles. The third-order valence-corrected chi connectivity index (χ3v) is 10.00. The van der Waals surface area contributed by atoms with Crippen LogP contribution in [0.1, 0.15) is 65.1 Å². The number of carbonyl (C=O) groups excluding carboxylic acids is 2. The molecule has 0 unspecified atom stereocenters. The summed E-state index contributed by atoms with van der Waals surface area (Å²) in [6.07, 6.45) is 3.73. The zero-order valence-electron chi connectivity index (χ0n) is 23.8. The van der Waals surface area contributed by atoms with Gasteiger partial charge >= 0.3 is 0 Å². The summed E-state index contributed by atoms with van der Waals surface area (Å²) in [5, 5.41) is 16.2. The number of rotatable bonds is 9. The van der Waals surface area contributed by atoms with E-state index in [0.717, 1.165) is 40.9 Å². The Kier molecular flexibility index (Phi) is 6.44. The Hall–Kier alpha value is -4.09. The van der Waals surface area contributed by atoms with E-state index >= 15 is 0 Å². The lowest BCUT2D eigenvalue weighted by Crippen LogP contribution is -2.44. The number of benzene rings is 2. The quantitative estimate of drug-likeness (QED) is 0.256. The summed E-state index contributed by atoms with van der Waals surface area (Å²) in [5.41, 5.74) is 5.98. The lowest BCUT2D eigenvalue weighted by atomic mass is 9.81. The monoisotopic (exact) mass is 602 g/mol. The number of hydrogen-bond donors (Lipinski definition) is 3. The number of ether oxygens (including phenoxy) is 2. The number of primary amides is 1. The summed E-state index contributed by atoms with van der Waals surface area (Å²) >= 11 is 1.57. The summed E-state index contributed by atoms with van der Waals surface area (Å²) in [4.78, 5) is 35.6. The van der Waals surface area contributed by atoms with Crippen LogP contribution in [0.4, 0.5) is 4.39 Å². The van der Waals surface area contributed by atoms with Gasteiger partial charge in [-0.1, -0.05) is 0 Å². The molecule has 3 aliphatic rings. The van der Waals surface area contributed by atoms with Crippen molar-refractivity contribution in [3.8, 4) is 22.8 Å². The third kappa shape index (κ3) is 4.71. The van der Waals surface area contributed by atoms with Gasteiger partial charge in [0, 0.05) is 22.6 Å². The van der Waals surface area contributed by atoms with Crippen LogP contribution in [0.15, 0.2) is 42.5 Å². The standard InChI is InChI=1S/C32H31FN4O5S/c1-31(30(34)39)15-42-27-21(31)13-24(36-25(27)16-5-9-20(33)10-6-16)32(40,19-7-8-19)14-35-28(38)18-11-22(41-2)26-23(12-18)43-29(37-26)17-3-4-17/h5-6,9-13,17,19,40H,3-4,7-8,14-15H2,1-2H3,(H2,34,39)(H,35,38)/t31-,32+/m0/s1. The molecule has 222 valence electrons. The predicted octanol–water partition coefficient (Wildman–Crippen LogP) is 4.55. The lowest BCUT2D eigenvalue weighted by Gasteiger charge is -2.30. The Labute approximate surface area is 251 Å². The summed E-state index contributed by atoms with van der Waals surface area (Å²) in [7, 11) is 1.56. The number of nitrogens with zero attached hydrogens (tertiary/aromatic N) is 2. The fourth-order valence-electron chi connectivity index (χ4n) is 5.74. The van der Waals surface area contributed by atoms with Gasteiger partial charge in [0.05, 0.1) is 29.1 Å². The largest absolute Gasteiger partial charge is 0.494 e. The number of methoxy groups -OCH3 is 1. The van der Waals surface area contributed by atoms with Gasteiger partial charge in [0.2, 0.25) is 5.91 Å². The van der Waals surface area contributed by atoms with Gasteiger partial charge in [-0.2, -0.15) is 0 Å². The second kappa shape index (κ2) is 9.99. The second-order valence-corrected chi connectivity index (χ2v) is 13.0. The normalized spacial score (nSPS) is 20.7. The predicted molar refractivity (Wildman–Crippen MR) is 159 cm³/mol. The molecule has 2 atom stereocenters. The highest BCUT2D eigenvalue weighted by Crippen LogP contribution is 2.50. The molecule has 2 aromatic heterocycles. The molecule has 9 nitrogen and oxygen atoms in total. The van der Waals surface area contributed by atoms with Crippen molar-refractivity contribution in [2.24, 2.45) is 11.7 Å². The molecule has 0 bridgehead atoms. The van der Waals surface area contributed by atoms with Crippen molar-refractivity contribution in [1.82, 2.24) is 15.3 Å². The lowest BCUT2D eigenvalue weighted by molar-refractivity contribution is -0.123. The number of nitrogens with two attached hydrogens (primary N) is 1. The van der Waals surface area contributed by atoms with Crippen molar-refractivity contribution < 1.29 is 28.6 Å². The van der Waals surface area contributed by atoms with Crippen LogP contribution >= 0.6 is 11.3 Å². The fraction of sp³-hybridized carbons (Fsp3) is 0.375. The zero-order chi connectivity index (χ0) is 30.1. The van der Waals surface area contributed by atoms with Crippen LogP contribution in [-0.4, -0.2) is 47.2 Å². The summed E-state index contributed by atoms with van der Waals surface area (Å²) in [5.74, 6) is -0.142. The van der Waals surface area contributed by atoms with Crippen LogP contribution in [0, 0.1) is 11.7 Å². The molecular weight excluding hydrogens is 571 g/mol. The highest BCUT2D eigenvalue weighted by atomic mass is 32.1. The number of aromatic nitrogens is 2. The zero-order valence-corrected chi connectivity index (χ0v) is 24.6. The number of fused-ring (bicyclic) bond motifs is 2. The maximum absolute atomic E-state index is 13.8. The van der Waals surface area contributed by atoms with E-state index in [9.17, 15) is 19.1 Å². The van der Waals surface area contributed by atoms with E-state index in [-0.39, 0.29) is 30.7 Å². The van der Waals surface area contributed by atoms with Gasteiger partial charge in [-0.15, -0.1) is 11.3 Å². The molecule has 2 aromatic carbocycles. The van der Waals surface area contributed by atoms with Crippen molar-refractivity contribution in [2.45, 2.75) is 49.5 Å². The molecule has 43 heavy (non-hydrogen) atoms. The average molecular weight is 603 g/mol. The molecule has 2 aliphatic carbocycles. The van der Waals surface area contributed by atoms with Gasteiger partial charge in [0.1, 0.15) is 46.1 Å². The highest BCUT2D eigenvalue weighted by Gasteiger charge is 2.50. The first-order valence-corrected chi connectivity index (χ1v) is 15.2. The molecule has 1 aliphatic heterocycles. The molecule has 3 heterocycles. The van der Waals surface area contributed by atoms with Gasteiger partial charge in [-0.3, -0.25) is 9.59 Å². The van der Waals surface area contributed by atoms with E-state index < -0.39 is 22.7 Å². The molecule has 0 radical (unpaired) electrons. The van der Waals surface area contributed by atoms with Crippen molar-refractivity contribution >= 4 is 33.4 Å². The first kappa shape index (κ1) is 27.7. The highest BCUT2D eigenvalue weighted by molar-refractivity contribution is 7.18. The number of thiazole rings is 1. The van der Waals surface area contributed by atoms with Crippen molar-refractivity contribution in [2.75, 3.05) is 20.3 Å². The third-order valence-electron chi connectivity index (χ3n) is 8.83. The smallest absolute Gasteiger partial charge is 0.251 e. The van der Waals surface area contributed by atoms with E-state index in [0.29, 0.717) is 39.8 Å². The number of amides is 2. The number of hydrogen-bond acceptors (Lipinski definition) is 8. The Bertz CT molecular complexity index is 1780. The van der Waals surface area contributed by atoms with E-state index in [1.165, 1.54) is 12.1 Å². The molecular formula is C32H31FN4O5S. The van der Waals surface area contributed by atoms with Gasteiger partial charge < -0.3 is 25.6 Å². The number of nitrogens with one attached hydrogen (secondary N) is 1. The van der Waals surface area contributed by atoms with Crippen LogP contribution in [-0.2, 0) is 15.8 Å². The van der Waals surface area contributed by atoms with Crippen LogP contribution < -0.4 is 20.5 Å². The van der Waals surface area contributed by atoms with E-state index in [4.69, 9.17) is 25.2 Å². The van der Waals surface area contributed by atoms with Crippen molar-refractivity contribution in [1.29, 1.82) is 0 Å². The second-order valence-electron chi connectivity index (χ2n) is 12.0. The molecule has 2 fully saturated rings. The Morgan fingerprint density at radius 2 is 1.93 bits per heavy atom. The van der Waals surface area contributed by atoms with E-state index in [2.05, 4.69) is 5.32 Å². The molecule has 4 aromatic rings. The number of halogens is 1. The maximum atomic E-state index is 13.8. The number of pyridine rings is 1. The molecule has 7 rings (SSSR count). The van der Waals surface area contributed by atoms with Gasteiger partial charge in [0.25, 0.3) is 5.91 Å². The fourth-order valence-corrected chi connectivity index (χ4v) is 6.94. The summed E-state index contributed by atoms with van der Waals surface area (Å²) in [6, 6.07) is 10.9. The Balaban J connectivity index is 1.25. The van der Waals surface area contributed by atoms with Crippen LogP contribution in [0.2, 0.25) is 0 Å². The maximum Gasteiger partial charge on any atom is 0.251 e. The molecule has 0 saturated heterocycles. The molecule has 0 spiro atoms. The summed E-state index contributed by atoms with van der Waals surface area (Å²) < 4.78 is 26.2. The van der Waals surface area contributed by atoms with Gasteiger partial charge in [0.15, 0.2) is 0 Å². The number of aliphatic hydroxyl groups is 1. The molecule has 4 N–H and O–H groups in total. The molecule has 2 amide bonds. The van der Waals surface area contributed by atoms with E-state index in [1.54, 1.807) is 49.6 Å². The van der Waals surface area contributed by atoms with Crippen LogP contribution in [0.25, 0.3) is 21.5 Å². The summed E-state index contributed by atoms with van der Waals surface area (Å²) in [6.45, 7) is 1.59. The molecule has 11 heteroatoms. The van der Waals surface area contributed by atoms with E-state index in [1.807, 2.05) is 6.07 Å². The van der Waals surface area contributed by atoms with Gasteiger partial charge in [-0.25, -0.2) is 14.4 Å². The first-order valence-electron chi connectivity index (χ1n) is 14.3. The Morgan fingerprint density at radius 1 is 1.19 bits per heavy atom. The topological polar surface area (TPSA) is 137 Å². The Morgan fingerprint density at radius 3 is 2.58 bits per heavy atom. The van der Waals surface area contributed by atoms with Gasteiger partial charge in [-0.05, 0) is 81.0 Å². The SMILES string of the molecule is COc1cc(C(=O)NC[C@](O)(c2cc3c(c(-c4ccc(F)cc4)n2)OC[C@]3(C)C(N)=O)C2CC2)cc2sc(C3CC3)nc12.